The van der Waals surface area contributed by atoms with E-state index < -0.39 is 15.7 Å². The molecule has 0 bridgehead atoms. The average Bonchev–Trinajstić information content (AvgIpc) is 3.29. The molecule has 0 radical (unpaired) electrons. The first kappa shape index (κ1) is 19.4. The van der Waals surface area contributed by atoms with Crippen LogP contribution in [0.5, 0.6) is 0 Å². The highest BCUT2D eigenvalue weighted by Crippen LogP contribution is 2.33. The smallest absolute Gasteiger partial charge is 0.278 e. The number of benzene rings is 1. The highest BCUT2D eigenvalue weighted by atomic mass is 35.5. The monoisotopic (exact) mass is 438 g/mol. The minimum Gasteiger partial charge on any atom is -0.296 e. The van der Waals surface area contributed by atoms with Crippen molar-refractivity contribution in [2.75, 3.05) is 18.4 Å². The number of nitrogens with one attached hydrogen (secondary N) is 1. The summed E-state index contributed by atoms with van der Waals surface area (Å²) in [5.74, 6) is -0.407. The predicted molar refractivity (Wildman–Crippen MR) is 110 cm³/mol. The van der Waals surface area contributed by atoms with Crippen LogP contribution in [0.4, 0.5) is 5.13 Å². The van der Waals surface area contributed by atoms with E-state index in [-0.39, 0.29) is 15.9 Å². The molecular formula is C18H19ClN4O3S2. The SMILES string of the molecule is O=C(Nc1ncc(Cl)s1)/C(=N/N1CCCC1)c1ccc(S(=O)(=O)C2CC2)cc1. The molecule has 2 fully saturated rings. The molecule has 1 saturated carbocycles. The highest BCUT2D eigenvalue weighted by molar-refractivity contribution is 7.92. The number of sulfone groups is 1. The molecule has 28 heavy (non-hydrogen) atoms. The number of carbonyl (C=O) groups excluding carboxylic acids is 1. The van der Waals surface area contributed by atoms with Crippen molar-refractivity contribution in [2.45, 2.75) is 35.8 Å². The van der Waals surface area contributed by atoms with Gasteiger partial charge in [0.2, 0.25) is 0 Å². The first-order chi connectivity index (χ1) is 13.4. The van der Waals surface area contributed by atoms with Crippen molar-refractivity contribution in [1.82, 2.24) is 9.99 Å². The third-order valence-electron chi connectivity index (χ3n) is 4.66. The van der Waals surface area contributed by atoms with Gasteiger partial charge in [0.05, 0.1) is 16.3 Å². The number of nitrogens with zero attached hydrogens (tertiary/aromatic N) is 3. The predicted octanol–water partition coefficient (Wildman–Crippen LogP) is 3.17. The van der Waals surface area contributed by atoms with Gasteiger partial charge in [-0.1, -0.05) is 35.1 Å². The molecular weight excluding hydrogens is 420 g/mol. The number of thiazole rings is 1. The van der Waals surface area contributed by atoms with Gasteiger partial charge in [-0.2, -0.15) is 5.10 Å². The lowest BCUT2D eigenvalue weighted by Crippen LogP contribution is -2.27. The molecule has 7 nitrogen and oxygen atoms in total. The second-order valence-electron chi connectivity index (χ2n) is 6.80. The molecule has 1 N–H and O–H groups in total. The zero-order chi connectivity index (χ0) is 19.7. The van der Waals surface area contributed by atoms with Crippen LogP contribution in [-0.4, -0.2) is 48.4 Å². The third kappa shape index (κ3) is 4.21. The Morgan fingerprint density at radius 3 is 2.46 bits per heavy atom. The molecule has 1 aliphatic carbocycles. The van der Waals surface area contributed by atoms with E-state index in [1.165, 1.54) is 6.20 Å². The molecule has 1 amide bonds. The molecule has 4 rings (SSSR count). The fraction of sp³-hybridized carbons (Fsp3) is 0.389. The first-order valence-electron chi connectivity index (χ1n) is 9.04. The topological polar surface area (TPSA) is 91.7 Å². The van der Waals surface area contributed by atoms with E-state index in [1.54, 1.807) is 24.3 Å². The number of hydrazone groups is 1. The summed E-state index contributed by atoms with van der Waals surface area (Å²) in [4.78, 5) is 17.2. The van der Waals surface area contributed by atoms with Crippen LogP contribution in [0, 0.1) is 0 Å². The van der Waals surface area contributed by atoms with Gasteiger partial charge in [-0.05, 0) is 37.8 Å². The van der Waals surface area contributed by atoms with E-state index in [0.717, 1.165) is 37.3 Å². The van der Waals surface area contributed by atoms with Crippen LogP contribution in [0.1, 0.15) is 31.2 Å². The van der Waals surface area contributed by atoms with Crippen molar-refractivity contribution in [3.05, 3.63) is 40.4 Å². The molecule has 1 saturated heterocycles. The number of rotatable bonds is 6. The molecule has 10 heteroatoms. The summed E-state index contributed by atoms with van der Waals surface area (Å²) in [6.07, 6.45) is 4.95. The standard InChI is InChI=1S/C18H19ClN4O3S2/c19-15-11-20-18(27-15)21-17(24)16(22-23-9-1-2-10-23)12-3-5-13(6-4-12)28(25,26)14-7-8-14/h3-6,11,14H,1-2,7-10H2,(H,20,21,24)/b22-16+. The van der Waals surface area contributed by atoms with Gasteiger partial charge < -0.3 is 0 Å². The Bertz CT molecular complexity index is 1010. The van der Waals surface area contributed by atoms with Crippen molar-refractivity contribution in [1.29, 1.82) is 0 Å². The zero-order valence-corrected chi connectivity index (χ0v) is 17.4. The minimum atomic E-state index is -3.27. The molecule has 2 aliphatic rings. The number of carbonyl (C=O) groups is 1. The number of anilines is 1. The van der Waals surface area contributed by atoms with Gasteiger partial charge in [-0.25, -0.2) is 13.4 Å². The van der Waals surface area contributed by atoms with Crippen LogP contribution >= 0.6 is 22.9 Å². The lowest BCUT2D eigenvalue weighted by molar-refractivity contribution is -0.110. The molecule has 0 atom stereocenters. The maximum Gasteiger partial charge on any atom is 0.278 e. The molecule has 0 spiro atoms. The first-order valence-corrected chi connectivity index (χ1v) is 11.8. The van der Waals surface area contributed by atoms with Gasteiger partial charge >= 0.3 is 0 Å². The van der Waals surface area contributed by atoms with Gasteiger partial charge in [0.15, 0.2) is 20.7 Å². The Balaban J connectivity index is 1.62. The Morgan fingerprint density at radius 1 is 1.21 bits per heavy atom. The van der Waals surface area contributed by atoms with Crippen molar-refractivity contribution < 1.29 is 13.2 Å². The van der Waals surface area contributed by atoms with E-state index in [4.69, 9.17) is 11.6 Å². The number of amides is 1. The Labute approximate surface area is 172 Å². The quantitative estimate of drug-likeness (QED) is 0.699. The summed E-state index contributed by atoms with van der Waals surface area (Å²) in [7, 11) is -3.27. The normalized spacial score (nSPS) is 17.8. The zero-order valence-electron chi connectivity index (χ0n) is 15.0. The van der Waals surface area contributed by atoms with E-state index in [2.05, 4.69) is 15.4 Å². The van der Waals surface area contributed by atoms with Crippen LogP contribution in [0.2, 0.25) is 4.34 Å². The summed E-state index contributed by atoms with van der Waals surface area (Å²) in [5.41, 5.74) is 0.783. The fourth-order valence-electron chi connectivity index (χ4n) is 3.02. The Kier molecular flexibility index (Phi) is 5.39. The number of aromatic nitrogens is 1. The summed E-state index contributed by atoms with van der Waals surface area (Å²) in [6.45, 7) is 1.57. The summed E-state index contributed by atoms with van der Waals surface area (Å²) in [6, 6.07) is 6.38. The number of hydrogen-bond donors (Lipinski definition) is 1. The maximum absolute atomic E-state index is 12.8. The number of halogens is 1. The van der Waals surface area contributed by atoms with Crippen LogP contribution < -0.4 is 5.32 Å². The van der Waals surface area contributed by atoms with Gasteiger partial charge in [-0.3, -0.25) is 15.1 Å². The second kappa shape index (κ2) is 7.81. The Morgan fingerprint density at radius 2 is 1.89 bits per heavy atom. The van der Waals surface area contributed by atoms with Crippen molar-refractivity contribution in [2.24, 2.45) is 5.10 Å². The maximum atomic E-state index is 12.8. The fourth-order valence-corrected chi connectivity index (χ4v) is 5.48. The summed E-state index contributed by atoms with van der Waals surface area (Å²) in [5, 5.41) is 9.21. The third-order valence-corrected chi connectivity index (χ3v) is 7.96. The van der Waals surface area contributed by atoms with E-state index in [1.807, 2.05) is 5.01 Å². The lowest BCUT2D eigenvalue weighted by atomic mass is 10.1. The van der Waals surface area contributed by atoms with Gasteiger partial charge in [0, 0.05) is 18.7 Å². The molecule has 2 aromatic rings. The van der Waals surface area contributed by atoms with E-state index in [0.29, 0.717) is 27.9 Å². The van der Waals surface area contributed by atoms with Gasteiger partial charge in [-0.15, -0.1) is 0 Å². The highest BCUT2D eigenvalue weighted by Gasteiger charge is 2.36. The van der Waals surface area contributed by atoms with Crippen molar-refractivity contribution in [3.8, 4) is 0 Å². The Hall–Kier alpha value is -1.97. The van der Waals surface area contributed by atoms with Crippen LogP contribution in [-0.2, 0) is 14.6 Å². The van der Waals surface area contributed by atoms with Crippen LogP contribution in [0.25, 0.3) is 0 Å². The average molecular weight is 439 g/mol. The van der Waals surface area contributed by atoms with Crippen molar-refractivity contribution >= 4 is 49.5 Å². The second-order valence-corrected chi connectivity index (χ2v) is 10.7. The summed E-state index contributed by atoms with van der Waals surface area (Å²) >= 11 is 7.04. The number of hydrogen-bond acceptors (Lipinski definition) is 7. The molecule has 1 aromatic heterocycles. The van der Waals surface area contributed by atoms with Crippen LogP contribution in [0.3, 0.4) is 0 Å². The van der Waals surface area contributed by atoms with Gasteiger partial charge in [0.25, 0.3) is 5.91 Å². The van der Waals surface area contributed by atoms with Crippen LogP contribution in [0.15, 0.2) is 40.5 Å². The van der Waals surface area contributed by atoms with E-state index >= 15 is 0 Å². The minimum absolute atomic E-state index is 0.226. The molecule has 2 heterocycles. The lowest BCUT2D eigenvalue weighted by Gasteiger charge is -2.14. The van der Waals surface area contributed by atoms with E-state index in [9.17, 15) is 13.2 Å². The molecule has 0 unspecified atom stereocenters. The molecule has 148 valence electrons. The summed E-state index contributed by atoms with van der Waals surface area (Å²) < 4.78 is 25.3. The van der Waals surface area contributed by atoms with Crippen molar-refractivity contribution in [3.63, 3.8) is 0 Å². The van der Waals surface area contributed by atoms with Gasteiger partial charge in [0.1, 0.15) is 4.34 Å². The molecule has 1 aliphatic heterocycles. The molecule has 1 aromatic carbocycles. The largest absolute Gasteiger partial charge is 0.296 e.